The molecule has 0 aromatic carbocycles. The lowest BCUT2D eigenvalue weighted by atomic mass is 10.2. The molecule has 3 rings (SSSR count). The van der Waals surface area contributed by atoms with Crippen LogP contribution in [0, 0.1) is 0 Å². The Bertz CT molecular complexity index is 837. The summed E-state index contributed by atoms with van der Waals surface area (Å²) in [5, 5.41) is 15.8. The topological polar surface area (TPSA) is 118 Å². The van der Waals surface area contributed by atoms with Crippen molar-refractivity contribution in [2.45, 2.75) is 25.8 Å². The van der Waals surface area contributed by atoms with E-state index in [1.165, 1.54) is 6.07 Å². The van der Waals surface area contributed by atoms with Gasteiger partial charge in [0.2, 0.25) is 5.91 Å². The number of anilines is 1. The van der Waals surface area contributed by atoms with Gasteiger partial charge < -0.3 is 19.7 Å². The lowest BCUT2D eigenvalue weighted by molar-refractivity contribution is -0.118. The number of furan rings is 1. The molecule has 0 aliphatic carbocycles. The maximum atomic E-state index is 12.5. The lowest BCUT2D eigenvalue weighted by Gasteiger charge is -2.14. The van der Waals surface area contributed by atoms with Crippen molar-refractivity contribution < 1.29 is 23.9 Å². The van der Waals surface area contributed by atoms with Crippen molar-refractivity contribution in [3.8, 4) is 0 Å². The Morgan fingerprint density at radius 3 is 2.80 bits per heavy atom. The van der Waals surface area contributed by atoms with Crippen molar-refractivity contribution >= 4 is 23.5 Å². The standard InChI is InChI=1S/C16H18N4O5/c1-3-12-10(16(23)24)6-13(25-12)14(21)18-11-4-5-20(15(11)22)9-7-17-19(2)8-9/h6-8,11H,3-5H2,1-2H3,(H,18,21)(H,23,24). The highest BCUT2D eigenvalue weighted by atomic mass is 16.4. The van der Waals surface area contributed by atoms with Gasteiger partial charge >= 0.3 is 5.97 Å². The Balaban J connectivity index is 1.71. The monoisotopic (exact) mass is 346 g/mol. The van der Waals surface area contributed by atoms with Gasteiger partial charge in [0.25, 0.3) is 5.91 Å². The largest absolute Gasteiger partial charge is 0.478 e. The Kier molecular flexibility index (Phi) is 4.30. The highest BCUT2D eigenvalue weighted by Gasteiger charge is 2.35. The number of carbonyl (C=O) groups excluding carboxylic acids is 2. The van der Waals surface area contributed by atoms with E-state index in [4.69, 9.17) is 9.52 Å². The van der Waals surface area contributed by atoms with E-state index in [0.717, 1.165) is 0 Å². The number of rotatable bonds is 5. The number of aryl methyl sites for hydroxylation is 2. The van der Waals surface area contributed by atoms with E-state index in [2.05, 4.69) is 10.4 Å². The van der Waals surface area contributed by atoms with Crippen LogP contribution in [-0.2, 0) is 18.3 Å². The van der Waals surface area contributed by atoms with Gasteiger partial charge in [0.1, 0.15) is 17.4 Å². The van der Waals surface area contributed by atoms with Crippen molar-refractivity contribution in [3.05, 3.63) is 35.5 Å². The van der Waals surface area contributed by atoms with E-state index in [1.807, 2.05) is 0 Å². The molecule has 0 spiro atoms. The van der Waals surface area contributed by atoms with E-state index in [0.29, 0.717) is 25.1 Å². The van der Waals surface area contributed by atoms with Gasteiger partial charge in [-0.15, -0.1) is 0 Å². The van der Waals surface area contributed by atoms with Crippen LogP contribution >= 0.6 is 0 Å². The molecule has 2 aromatic heterocycles. The molecule has 1 atom stereocenters. The molecule has 2 amide bonds. The van der Waals surface area contributed by atoms with Gasteiger partial charge in [-0.1, -0.05) is 6.92 Å². The zero-order valence-electron chi connectivity index (χ0n) is 13.9. The van der Waals surface area contributed by atoms with Crippen LogP contribution in [0.5, 0.6) is 0 Å². The number of hydrogen-bond donors (Lipinski definition) is 2. The van der Waals surface area contributed by atoms with Gasteiger partial charge in [-0.3, -0.25) is 14.3 Å². The molecular weight excluding hydrogens is 328 g/mol. The van der Waals surface area contributed by atoms with Crippen LogP contribution in [0.4, 0.5) is 5.69 Å². The molecule has 9 heteroatoms. The number of carbonyl (C=O) groups is 3. The molecule has 1 aliphatic heterocycles. The number of aromatic carboxylic acids is 1. The number of aromatic nitrogens is 2. The summed E-state index contributed by atoms with van der Waals surface area (Å²) in [6, 6.07) is 0.505. The molecule has 1 aliphatic rings. The van der Waals surface area contributed by atoms with Crippen LogP contribution in [0.3, 0.4) is 0 Å². The second kappa shape index (κ2) is 6.42. The average molecular weight is 346 g/mol. The molecule has 2 aromatic rings. The van der Waals surface area contributed by atoms with Crippen molar-refractivity contribution in [3.63, 3.8) is 0 Å². The fraction of sp³-hybridized carbons (Fsp3) is 0.375. The van der Waals surface area contributed by atoms with Crippen molar-refractivity contribution in [1.29, 1.82) is 0 Å². The molecule has 1 saturated heterocycles. The minimum atomic E-state index is -1.15. The minimum absolute atomic E-state index is 0.0395. The first kappa shape index (κ1) is 16.7. The summed E-state index contributed by atoms with van der Waals surface area (Å²) in [6.07, 6.45) is 4.11. The van der Waals surface area contributed by atoms with Crippen LogP contribution in [0.1, 0.15) is 40.0 Å². The Morgan fingerprint density at radius 1 is 1.48 bits per heavy atom. The molecule has 0 radical (unpaired) electrons. The first-order valence-corrected chi connectivity index (χ1v) is 7.87. The van der Waals surface area contributed by atoms with E-state index in [-0.39, 0.29) is 23.0 Å². The van der Waals surface area contributed by atoms with Crippen molar-refractivity contribution in [1.82, 2.24) is 15.1 Å². The fourth-order valence-electron chi connectivity index (χ4n) is 2.83. The molecule has 25 heavy (non-hydrogen) atoms. The molecular formula is C16H18N4O5. The summed E-state index contributed by atoms with van der Waals surface area (Å²) in [4.78, 5) is 37.5. The summed E-state index contributed by atoms with van der Waals surface area (Å²) in [5.41, 5.74) is 0.631. The van der Waals surface area contributed by atoms with E-state index in [1.54, 1.807) is 35.9 Å². The fourth-order valence-corrected chi connectivity index (χ4v) is 2.83. The molecule has 3 heterocycles. The lowest BCUT2D eigenvalue weighted by Crippen LogP contribution is -2.41. The summed E-state index contributed by atoms with van der Waals surface area (Å²) < 4.78 is 6.91. The van der Waals surface area contributed by atoms with E-state index >= 15 is 0 Å². The number of nitrogens with zero attached hydrogens (tertiary/aromatic N) is 3. The van der Waals surface area contributed by atoms with Gasteiger partial charge in [-0.25, -0.2) is 4.79 Å². The Morgan fingerprint density at radius 2 is 2.24 bits per heavy atom. The van der Waals surface area contributed by atoms with Gasteiger partial charge in [0, 0.05) is 32.3 Å². The number of amides is 2. The minimum Gasteiger partial charge on any atom is -0.478 e. The van der Waals surface area contributed by atoms with Crippen LogP contribution in [0.2, 0.25) is 0 Å². The van der Waals surface area contributed by atoms with Crippen LogP contribution < -0.4 is 10.2 Å². The number of carboxylic acid groups (broad SMARTS) is 1. The highest BCUT2D eigenvalue weighted by Crippen LogP contribution is 2.22. The number of carboxylic acids is 1. The van der Waals surface area contributed by atoms with Gasteiger partial charge in [0.05, 0.1) is 11.9 Å². The SMILES string of the molecule is CCc1oc(C(=O)NC2CCN(c3cnn(C)c3)C2=O)cc1C(=O)O. The Hall–Kier alpha value is -3.10. The van der Waals surface area contributed by atoms with E-state index in [9.17, 15) is 14.4 Å². The molecule has 9 nitrogen and oxygen atoms in total. The average Bonchev–Trinajstić information content (AvgIpc) is 3.27. The third kappa shape index (κ3) is 3.12. The third-order valence-electron chi connectivity index (χ3n) is 4.10. The van der Waals surface area contributed by atoms with Crippen molar-refractivity contribution in [2.75, 3.05) is 11.4 Å². The first-order chi connectivity index (χ1) is 11.9. The predicted octanol–water partition coefficient (Wildman–Crippen LogP) is 0.809. The summed E-state index contributed by atoms with van der Waals surface area (Å²) >= 11 is 0. The second-order valence-corrected chi connectivity index (χ2v) is 5.78. The molecule has 1 fully saturated rings. The van der Waals surface area contributed by atoms with Gasteiger partial charge in [-0.2, -0.15) is 5.10 Å². The third-order valence-corrected chi connectivity index (χ3v) is 4.10. The number of hydrogen-bond acceptors (Lipinski definition) is 5. The first-order valence-electron chi connectivity index (χ1n) is 7.87. The van der Waals surface area contributed by atoms with Crippen LogP contribution in [-0.4, -0.2) is 45.3 Å². The zero-order chi connectivity index (χ0) is 18.1. The number of nitrogens with one attached hydrogen (secondary N) is 1. The molecule has 1 unspecified atom stereocenters. The molecule has 2 N–H and O–H groups in total. The van der Waals surface area contributed by atoms with Gasteiger partial charge in [0.15, 0.2) is 5.76 Å². The van der Waals surface area contributed by atoms with Crippen LogP contribution in [0.15, 0.2) is 22.9 Å². The smallest absolute Gasteiger partial charge is 0.339 e. The second-order valence-electron chi connectivity index (χ2n) is 5.78. The molecule has 132 valence electrons. The molecule has 0 saturated carbocycles. The summed E-state index contributed by atoms with van der Waals surface area (Å²) in [5.74, 6) is -1.87. The maximum absolute atomic E-state index is 12.5. The van der Waals surface area contributed by atoms with E-state index < -0.39 is 17.9 Å². The highest BCUT2D eigenvalue weighted by molar-refractivity contribution is 6.03. The van der Waals surface area contributed by atoms with Gasteiger partial charge in [-0.05, 0) is 6.42 Å². The normalized spacial score (nSPS) is 17.1. The molecule has 0 bridgehead atoms. The zero-order valence-corrected chi connectivity index (χ0v) is 13.9. The predicted molar refractivity (Wildman–Crippen MR) is 86.5 cm³/mol. The quantitative estimate of drug-likeness (QED) is 0.827. The van der Waals surface area contributed by atoms with Crippen LogP contribution in [0.25, 0.3) is 0 Å². The summed E-state index contributed by atoms with van der Waals surface area (Å²) in [6.45, 7) is 2.20. The van der Waals surface area contributed by atoms with Crippen molar-refractivity contribution in [2.24, 2.45) is 7.05 Å². The Labute approximate surface area is 143 Å². The maximum Gasteiger partial charge on any atom is 0.339 e. The summed E-state index contributed by atoms with van der Waals surface area (Å²) in [7, 11) is 1.76.